The summed E-state index contributed by atoms with van der Waals surface area (Å²) < 4.78 is 5.47. The van der Waals surface area contributed by atoms with Gasteiger partial charge in [0.2, 0.25) is 0 Å². The second-order valence-electron chi connectivity index (χ2n) is 3.81. The minimum atomic E-state index is -0.350. The average Bonchev–Trinajstić information content (AvgIpc) is 2.20. The Kier molecular flexibility index (Phi) is 5.57. The van der Waals surface area contributed by atoms with E-state index in [2.05, 4.69) is 27.7 Å². The topological polar surface area (TPSA) is 29.5 Å². The quantitative estimate of drug-likeness (QED) is 0.694. The Labute approximate surface area is 82.3 Å². The lowest BCUT2D eigenvalue weighted by Crippen LogP contribution is -2.46. The van der Waals surface area contributed by atoms with E-state index in [-0.39, 0.29) is 11.7 Å². The Morgan fingerprint density at radius 3 is 1.92 bits per heavy atom. The van der Waals surface area contributed by atoms with Gasteiger partial charge < -0.3 is 9.84 Å². The number of hydrogen-bond donors (Lipinski definition) is 1. The number of hydrogen-bond acceptors (Lipinski definition) is 2. The molecular weight excluding hydrogens is 164 g/mol. The SMILES string of the molecule is CCC(C)C(O)C(CC)(CC)OC. The third-order valence-corrected chi connectivity index (χ3v) is 3.33. The molecule has 2 heteroatoms. The molecule has 0 amide bonds. The number of methoxy groups -OCH3 is 1. The molecule has 0 aromatic heterocycles. The minimum absolute atomic E-state index is 0.305. The molecule has 0 aromatic rings. The molecule has 0 saturated heterocycles. The Morgan fingerprint density at radius 1 is 1.23 bits per heavy atom. The van der Waals surface area contributed by atoms with E-state index in [9.17, 15) is 5.11 Å². The van der Waals surface area contributed by atoms with Crippen LogP contribution in [0.4, 0.5) is 0 Å². The van der Waals surface area contributed by atoms with Crippen LogP contribution in [0.3, 0.4) is 0 Å². The molecule has 0 heterocycles. The van der Waals surface area contributed by atoms with Crippen molar-refractivity contribution in [3.63, 3.8) is 0 Å². The van der Waals surface area contributed by atoms with Gasteiger partial charge in [0.25, 0.3) is 0 Å². The molecule has 0 saturated carbocycles. The molecular formula is C11H24O2. The van der Waals surface area contributed by atoms with Gasteiger partial charge in [-0.05, 0) is 18.8 Å². The molecule has 0 aromatic carbocycles. The lowest BCUT2D eigenvalue weighted by molar-refractivity contribution is -0.126. The van der Waals surface area contributed by atoms with Gasteiger partial charge in [-0.2, -0.15) is 0 Å². The van der Waals surface area contributed by atoms with Crippen molar-refractivity contribution in [3.05, 3.63) is 0 Å². The first kappa shape index (κ1) is 12.9. The molecule has 80 valence electrons. The maximum atomic E-state index is 10.1. The third-order valence-electron chi connectivity index (χ3n) is 3.33. The molecule has 2 nitrogen and oxygen atoms in total. The van der Waals surface area contributed by atoms with E-state index in [0.717, 1.165) is 19.3 Å². The van der Waals surface area contributed by atoms with Crippen molar-refractivity contribution in [2.24, 2.45) is 5.92 Å². The van der Waals surface area contributed by atoms with Crippen LogP contribution in [0.1, 0.15) is 47.0 Å². The van der Waals surface area contributed by atoms with Crippen molar-refractivity contribution < 1.29 is 9.84 Å². The monoisotopic (exact) mass is 188 g/mol. The maximum Gasteiger partial charge on any atom is 0.0933 e. The number of ether oxygens (including phenoxy) is 1. The van der Waals surface area contributed by atoms with Gasteiger partial charge in [-0.25, -0.2) is 0 Å². The van der Waals surface area contributed by atoms with E-state index in [0.29, 0.717) is 5.92 Å². The fourth-order valence-corrected chi connectivity index (χ4v) is 1.82. The molecule has 13 heavy (non-hydrogen) atoms. The second-order valence-corrected chi connectivity index (χ2v) is 3.81. The average molecular weight is 188 g/mol. The van der Waals surface area contributed by atoms with E-state index in [1.807, 2.05) is 0 Å². The molecule has 0 radical (unpaired) electrons. The summed E-state index contributed by atoms with van der Waals surface area (Å²) in [6.45, 7) is 8.31. The van der Waals surface area contributed by atoms with Crippen LogP contribution in [-0.4, -0.2) is 23.9 Å². The normalized spacial score (nSPS) is 17.1. The Bertz CT molecular complexity index is 122. The van der Waals surface area contributed by atoms with Crippen LogP contribution < -0.4 is 0 Å². The molecule has 0 bridgehead atoms. The van der Waals surface area contributed by atoms with Crippen molar-refractivity contribution in [2.45, 2.75) is 58.7 Å². The molecule has 0 fully saturated rings. The molecule has 0 aliphatic carbocycles. The summed E-state index contributed by atoms with van der Waals surface area (Å²) in [5.74, 6) is 0.305. The first-order chi connectivity index (χ1) is 6.07. The Balaban J connectivity index is 4.52. The fourth-order valence-electron chi connectivity index (χ4n) is 1.82. The zero-order chi connectivity index (χ0) is 10.5. The van der Waals surface area contributed by atoms with E-state index in [4.69, 9.17) is 4.74 Å². The van der Waals surface area contributed by atoms with Gasteiger partial charge in [-0.3, -0.25) is 0 Å². The summed E-state index contributed by atoms with van der Waals surface area (Å²) in [5.41, 5.74) is -0.338. The maximum absolute atomic E-state index is 10.1. The van der Waals surface area contributed by atoms with Gasteiger partial charge in [0.15, 0.2) is 0 Å². The van der Waals surface area contributed by atoms with Gasteiger partial charge >= 0.3 is 0 Å². The Hall–Kier alpha value is -0.0800. The number of aliphatic hydroxyl groups excluding tert-OH is 1. The van der Waals surface area contributed by atoms with Crippen molar-refractivity contribution >= 4 is 0 Å². The molecule has 0 aliphatic rings. The summed E-state index contributed by atoms with van der Waals surface area (Å²) >= 11 is 0. The first-order valence-corrected chi connectivity index (χ1v) is 5.31. The van der Waals surface area contributed by atoms with Crippen molar-refractivity contribution in [1.82, 2.24) is 0 Å². The highest BCUT2D eigenvalue weighted by atomic mass is 16.5. The van der Waals surface area contributed by atoms with Crippen molar-refractivity contribution in [3.8, 4) is 0 Å². The zero-order valence-corrected chi connectivity index (χ0v) is 9.63. The number of rotatable bonds is 6. The summed E-state index contributed by atoms with van der Waals surface area (Å²) in [6.07, 6.45) is 2.38. The van der Waals surface area contributed by atoms with E-state index >= 15 is 0 Å². The van der Waals surface area contributed by atoms with E-state index < -0.39 is 0 Å². The molecule has 2 atom stereocenters. The summed E-state index contributed by atoms with van der Waals surface area (Å²) in [5, 5.41) is 10.1. The van der Waals surface area contributed by atoms with Crippen LogP contribution in [0.25, 0.3) is 0 Å². The second kappa shape index (κ2) is 5.61. The summed E-state index contributed by atoms with van der Waals surface area (Å²) in [6, 6.07) is 0. The van der Waals surface area contributed by atoms with Crippen LogP contribution in [0.2, 0.25) is 0 Å². The van der Waals surface area contributed by atoms with Gasteiger partial charge in [0.1, 0.15) is 0 Å². The third kappa shape index (κ3) is 2.68. The van der Waals surface area contributed by atoms with Crippen LogP contribution >= 0.6 is 0 Å². The molecule has 1 N–H and O–H groups in total. The van der Waals surface area contributed by atoms with Crippen molar-refractivity contribution in [2.75, 3.05) is 7.11 Å². The van der Waals surface area contributed by atoms with E-state index in [1.54, 1.807) is 7.11 Å². The van der Waals surface area contributed by atoms with Crippen molar-refractivity contribution in [1.29, 1.82) is 0 Å². The zero-order valence-electron chi connectivity index (χ0n) is 9.63. The summed E-state index contributed by atoms with van der Waals surface area (Å²) in [7, 11) is 1.69. The smallest absolute Gasteiger partial charge is 0.0933 e. The largest absolute Gasteiger partial charge is 0.390 e. The number of aliphatic hydroxyl groups is 1. The molecule has 0 rings (SSSR count). The highest BCUT2D eigenvalue weighted by molar-refractivity contribution is 4.88. The lowest BCUT2D eigenvalue weighted by Gasteiger charge is -2.38. The Morgan fingerprint density at radius 2 is 1.69 bits per heavy atom. The fraction of sp³-hybridized carbons (Fsp3) is 1.00. The van der Waals surface area contributed by atoms with Crippen LogP contribution in [0.5, 0.6) is 0 Å². The molecule has 2 unspecified atom stereocenters. The van der Waals surface area contributed by atoms with Gasteiger partial charge in [0, 0.05) is 7.11 Å². The van der Waals surface area contributed by atoms with Gasteiger partial charge in [0.05, 0.1) is 11.7 Å². The predicted molar refractivity (Wildman–Crippen MR) is 55.8 cm³/mol. The highest BCUT2D eigenvalue weighted by Crippen LogP contribution is 2.29. The predicted octanol–water partition coefficient (Wildman–Crippen LogP) is 2.60. The van der Waals surface area contributed by atoms with Crippen LogP contribution in [-0.2, 0) is 4.74 Å². The lowest BCUT2D eigenvalue weighted by atomic mass is 9.82. The van der Waals surface area contributed by atoms with Crippen LogP contribution in [0.15, 0.2) is 0 Å². The van der Waals surface area contributed by atoms with Gasteiger partial charge in [-0.15, -0.1) is 0 Å². The highest BCUT2D eigenvalue weighted by Gasteiger charge is 2.37. The standard InChI is InChI=1S/C11H24O2/c1-6-9(4)10(12)11(7-2,8-3)13-5/h9-10,12H,6-8H2,1-5H3. The van der Waals surface area contributed by atoms with Gasteiger partial charge in [-0.1, -0.05) is 34.1 Å². The molecule has 0 spiro atoms. The van der Waals surface area contributed by atoms with E-state index in [1.165, 1.54) is 0 Å². The minimum Gasteiger partial charge on any atom is -0.390 e. The first-order valence-electron chi connectivity index (χ1n) is 5.31. The van der Waals surface area contributed by atoms with Crippen LogP contribution in [0, 0.1) is 5.92 Å². The molecule has 0 aliphatic heterocycles. The summed E-state index contributed by atoms with van der Waals surface area (Å²) in [4.78, 5) is 0.